The molecule has 0 aromatic carbocycles. The summed E-state index contributed by atoms with van der Waals surface area (Å²) in [6.45, 7) is 2.91. The number of nitrogens with zero attached hydrogens (tertiary/aromatic N) is 2. The average Bonchev–Trinajstić information content (AvgIpc) is 3.31. The molecule has 3 N–H and O–H groups in total. The quantitative estimate of drug-likeness (QED) is 0.468. The smallest absolute Gasteiger partial charge is 0.285 e. The van der Waals surface area contributed by atoms with E-state index in [0.717, 1.165) is 18.8 Å². The van der Waals surface area contributed by atoms with E-state index in [1.54, 1.807) is 6.20 Å². The number of nitrogen functional groups attached to an aromatic ring is 1. The highest BCUT2D eigenvalue weighted by Crippen LogP contribution is 2.41. The molecule has 19 heavy (non-hydrogen) atoms. The highest BCUT2D eigenvalue weighted by atomic mass is 16.5. The van der Waals surface area contributed by atoms with Crippen LogP contribution in [0, 0.1) is 0 Å². The Hall–Kier alpha value is -1.66. The first kappa shape index (κ1) is 12.4. The van der Waals surface area contributed by atoms with Crippen LogP contribution in [0.3, 0.4) is 0 Å². The van der Waals surface area contributed by atoms with Gasteiger partial charge >= 0.3 is 0 Å². The van der Waals surface area contributed by atoms with E-state index in [2.05, 4.69) is 21.4 Å². The van der Waals surface area contributed by atoms with Gasteiger partial charge in [0.25, 0.3) is 5.91 Å². The Morgan fingerprint density at radius 2 is 2.16 bits per heavy atom. The second-order valence-corrected chi connectivity index (χ2v) is 4.98. The van der Waals surface area contributed by atoms with E-state index in [0.29, 0.717) is 24.8 Å². The van der Waals surface area contributed by atoms with Crippen molar-refractivity contribution in [2.24, 2.45) is 5.84 Å². The number of amides is 1. The van der Waals surface area contributed by atoms with Crippen molar-refractivity contribution in [2.45, 2.75) is 18.8 Å². The van der Waals surface area contributed by atoms with Gasteiger partial charge in [-0.05, 0) is 30.4 Å². The molecule has 1 amide bonds. The number of aromatic nitrogens is 1. The number of ether oxygens (including phenoxy) is 1. The van der Waals surface area contributed by atoms with Crippen LogP contribution in [0.1, 0.15) is 34.8 Å². The Morgan fingerprint density at radius 1 is 1.42 bits per heavy atom. The molecule has 6 heteroatoms. The Labute approximate surface area is 111 Å². The molecule has 1 aromatic heterocycles. The van der Waals surface area contributed by atoms with Gasteiger partial charge in [0.15, 0.2) is 5.69 Å². The predicted octanol–water partition coefficient (Wildman–Crippen LogP) is 0.399. The lowest BCUT2D eigenvalue weighted by molar-refractivity contribution is 0.0947. The molecule has 1 aliphatic heterocycles. The minimum atomic E-state index is -0.344. The summed E-state index contributed by atoms with van der Waals surface area (Å²) >= 11 is 0. The van der Waals surface area contributed by atoms with Gasteiger partial charge in [0.05, 0.1) is 18.9 Å². The molecule has 1 saturated heterocycles. The van der Waals surface area contributed by atoms with E-state index in [1.807, 2.05) is 0 Å². The topological polar surface area (TPSA) is 80.5 Å². The zero-order valence-corrected chi connectivity index (χ0v) is 10.8. The number of carbonyl (C=O) groups excluding carboxylic acids is 1. The van der Waals surface area contributed by atoms with Gasteiger partial charge < -0.3 is 9.64 Å². The number of pyridine rings is 1. The lowest BCUT2D eigenvalue weighted by atomic mass is 10.1. The molecule has 102 valence electrons. The normalized spacial score (nSPS) is 19.3. The number of rotatable bonds is 3. The predicted molar refractivity (Wildman–Crippen MR) is 70.9 cm³/mol. The number of carbonyl (C=O) groups is 1. The van der Waals surface area contributed by atoms with Gasteiger partial charge in [0.1, 0.15) is 0 Å². The third-order valence-corrected chi connectivity index (χ3v) is 3.64. The van der Waals surface area contributed by atoms with Crippen molar-refractivity contribution < 1.29 is 9.53 Å². The van der Waals surface area contributed by atoms with Crippen LogP contribution in [0.5, 0.6) is 0 Å². The van der Waals surface area contributed by atoms with Gasteiger partial charge in [-0.25, -0.2) is 10.8 Å². The van der Waals surface area contributed by atoms with E-state index in [-0.39, 0.29) is 5.91 Å². The summed E-state index contributed by atoms with van der Waals surface area (Å²) in [6, 6.07) is 2.08. The zero-order valence-electron chi connectivity index (χ0n) is 10.8. The fourth-order valence-corrected chi connectivity index (χ4v) is 2.40. The van der Waals surface area contributed by atoms with Crippen LogP contribution in [0.25, 0.3) is 0 Å². The molecule has 0 radical (unpaired) electrons. The standard InChI is InChI=1S/C13H18N4O2/c14-16-13(18)12-11(17-3-5-19-6-4-17)7-10(8-15-12)9-1-2-9/h7-9H,1-6,14H2,(H,16,18). The summed E-state index contributed by atoms with van der Waals surface area (Å²) in [5, 5.41) is 0. The van der Waals surface area contributed by atoms with Crippen molar-refractivity contribution in [2.75, 3.05) is 31.2 Å². The minimum Gasteiger partial charge on any atom is -0.378 e. The maximum atomic E-state index is 11.8. The molecule has 2 aliphatic rings. The van der Waals surface area contributed by atoms with Crippen LogP contribution in [0.2, 0.25) is 0 Å². The number of nitrogens with two attached hydrogens (primary N) is 1. The molecule has 1 aromatic rings. The summed E-state index contributed by atoms with van der Waals surface area (Å²) in [4.78, 5) is 18.3. The summed E-state index contributed by atoms with van der Waals surface area (Å²) in [6.07, 6.45) is 4.23. The molecule has 2 heterocycles. The van der Waals surface area contributed by atoms with Crippen molar-refractivity contribution in [3.05, 3.63) is 23.5 Å². The molecule has 0 spiro atoms. The monoisotopic (exact) mass is 262 g/mol. The van der Waals surface area contributed by atoms with Gasteiger partial charge in [0, 0.05) is 19.3 Å². The number of hydrogen-bond acceptors (Lipinski definition) is 5. The maximum absolute atomic E-state index is 11.8. The van der Waals surface area contributed by atoms with E-state index >= 15 is 0 Å². The lowest BCUT2D eigenvalue weighted by Crippen LogP contribution is -2.39. The molecule has 0 unspecified atom stereocenters. The van der Waals surface area contributed by atoms with Gasteiger partial charge in [0.2, 0.25) is 0 Å². The van der Waals surface area contributed by atoms with Crippen LogP contribution < -0.4 is 16.2 Å². The van der Waals surface area contributed by atoms with Gasteiger partial charge in [-0.2, -0.15) is 0 Å². The number of hydrazine groups is 1. The molecule has 3 rings (SSSR count). The summed E-state index contributed by atoms with van der Waals surface area (Å²) in [5.41, 5.74) is 4.65. The van der Waals surface area contributed by atoms with Crippen LogP contribution >= 0.6 is 0 Å². The second-order valence-electron chi connectivity index (χ2n) is 4.98. The first-order chi connectivity index (χ1) is 9.29. The molecule has 1 aliphatic carbocycles. The third-order valence-electron chi connectivity index (χ3n) is 3.64. The van der Waals surface area contributed by atoms with Crippen molar-refractivity contribution in [1.29, 1.82) is 0 Å². The van der Waals surface area contributed by atoms with Crippen LogP contribution in [0.4, 0.5) is 5.69 Å². The van der Waals surface area contributed by atoms with Gasteiger partial charge in [-0.15, -0.1) is 0 Å². The fourth-order valence-electron chi connectivity index (χ4n) is 2.40. The molecular weight excluding hydrogens is 244 g/mol. The van der Waals surface area contributed by atoms with E-state index in [9.17, 15) is 4.79 Å². The molecule has 0 atom stereocenters. The van der Waals surface area contributed by atoms with Gasteiger partial charge in [-0.3, -0.25) is 10.2 Å². The maximum Gasteiger partial charge on any atom is 0.285 e. The Kier molecular flexibility index (Phi) is 3.35. The third kappa shape index (κ3) is 2.54. The molecule has 1 saturated carbocycles. The Morgan fingerprint density at radius 3 is 2.79 bits per heavy atom. The lowest BCUT2D eigenvalue weighted by Gasteiger charge is -2.30. The van der Waals surface area contributed by atoms with Crippen molar-refractivity contribution in [3.63, 3.8) is 0 Å². The van der Waals surface area contributed by atoms with Crippen LogP contribution in [-0.4, -0.2) is 37.2 Å². The van der Waals surface area contributed by atoms with Crippen LogP contribution in [0.15, 0.2) is 12.3 Å². The first-order valence-electron chi connectivity index (χ1n) is 6.63. The number of anilines is 1. The van der Waals surface area contributed by atoms with Gasteiger partial charge in [-0.1, -0.05) is 0 Å². The zero-order chi connectivity index (χ0) is 13.2. The van der Waals surface area contributed by atoms with Crippen LogP contribution in [-0.2, 0) is 4.74 Å². The number of nitrogens with one attached hydrogen (secondary N) is 1. The molecule has 6 nitrogen and oxygen atoms in total. The molecule has 2 fully saturated rings. The Bertz CT molecular complexity index is 482. The highest BCUT2D eigenvalue weighted by Gasteiger charge is 2.27. The summed E-state index contributed by atoms with van der Waals surface area (Å²) in [7, 11) is 0. The Balaban J connectivity index is 1.95. The summed E-state index contributed by atoms with van der Waals surface area (Å²) in [5.74, 6) is 5.50. The van der Waals surface area contributed by atoms with E-state index in [4.69, 9.17) is 10.6 Å². The summed E-state index contributed by atoms with van der Waals surface area (Å²) < 4.78 is 5.35. The number of morpholine rings is 1. The fraction of sp³-hybridized carbons (Fsp3) is 0.538. The van der Waals surface area contributed by atoms with Crippen molar-refractivity contribution in [1.82, 2.24) is 10.4 Å². The second kappa shape index (κ2) is 5.14. The van der Waals surface area contributed by atoms with Crippen molar-refractivity contribution >= 4 is 11.6 Å². The SMILES string of the molecule is NNC(=O)c1ncc(C2CC2)cc1N1CCOCC1. The number of hydrogen-bond donors (Lipinski definition) is 2. The molecular formula is C13H18N4O2. The van der Waals surface area contributed by atoms with E-state index < -0.39 is 0 Å². The first-order valence-corrected chi connectivity index (χ1v) is 6.63. The van der Waals surface area contributed by atoms with E-state index in [1.165, 1.54) is 18.4 Å². The molecule has 0 bridgehead atoms. The largest absolute Gasteiger partial charge is 0.378 e. The van der Waals surface area contributed by atoms with Crippen molar-refractivity contribution in [3.8, 4) is 0 Å². The average molecular weight is 262 g/mol. The minimum absolute atomic E-state index is 0.344. The highest BCUT2D eigenvalue weighted by molar-refractivity contribution is 5.97.